The van der Waals surface area contributed by atoms with Crippen LogP contribution in [0.1, 0.15) is 40.3 Å². The Labute approximate surface area is 169 Å². The Kier molecular flexibility index (Phi) is 6.58. The van der Waals surface area contributed by atoms with Crippen LogP contribution in [0.15, 0.2) is 66.9 Å². The molecule has 0 saturated carbocycles. The van der Waals surface area contributed by atoms with Gasteiger partial charge < -0.3 is 15.4 Å². The van der Waals surface area contributed by atoms with E-state index in [0.29, 0.717) is 23.5 Å². The van der Waals surface area contributed by atoms with E-state index in [1.165, 1.54) is 17.8 Å². The molecule has 0 spiro atoms. The third-order valence-electron chi connectivity index (χ3n) is 4.30. The zero-order valence-corrected chi connectivity index (χ0v) is 16.4. The van der Waals surface area contributed by atoms with Gasteiger partial charge in [-0.05, 0) is 67.4 Å². The lowest BCUT2D eigenvalue weighted by molar-refractivity contribution is 0.102. The molecule has 6 heteroatoms. The zero-order valence-electron chi connectivity index (χ0n) is 16.4. The highest BCUT2D eigenvalue weighted by molar-refractivity contribution is 6.07. The number of aromatic nitrogens is 1. The molecule has 3 rings (SSSR count). The molecule has 1 heterocycles. The summed E-state index contributed by atoms with van der Waals surface area (Å²) in [6.07, 6.45) is 2.38. The minimum absolute atomic E-state index is 0.160. The molecule has 2 N–H and O–H groups in total. The minimum Gasteiger partial charge on any atom is -0.494 e. The van der Waals surface area contributed by atoms with Crippen LogP contribution in [0, 0.1) is 0 Å². The topological polar surface area (TPSA) is 80.3 Å². The predicted octanol–water partition coefficient (Wildman–Crippen LogP) is 4.55. The van der Waals surface area contributed by atoms with Crippen molar-refractivity contribution >= 4 is 23.2 Å². The molecule has 0 atom stereocenters. The van der Waals surface area contributed by atoms with Crippen LogP contribution in [0.4, 0.5) is 11.4 Å². The van der Waals surface area contributed by atoms with Crippen LogP contribution in [0.2, 0.25) is 0 Å². The summed E-state index contributed by atoms with van der Waals surface area (Å²) in [6.45, 7) is 4.56. The number of pyridine rings is 1. The number of hydrogen-bond donors (Lipinski definition) is 2. The fourth-order valence-corrected chi connectivity index (χ4v) is 2.72. The molecule has 0 fully saturated rings. The van der Waals surface area contributed by atoms with Gasteiger partial charge in [0.05, 0.1) is 6.61 Å². The number of hydrogen-bond acceptors (Lipinski definition) is 4. The average Bonchev–Trinajstić information content (AvgIpc) is 2.76. The van der Waals surface area contributed by atoms with Crippen molar-refractivity contribution in [2.45, 2.75) is 20.3 Å². The number of ether oxygens (including phenoxy) is 1. The molecular formula is C23H23N3O3. The molecule has 0 aliphatic rings. The number of anilines is 2. The maximum atomic E-state index is 12.5. The van der Waals surface area contributed by atoms with Gasteiger partial charge in [-0.15, -0.1) is 0 Å². The smallest absolute Gasteiger partial charge is 0.274 e. The van der Waals surface area contributed by atoms with E-state index in [9.17, 15) is 9.59 Å². The van der Waals surface area contributed by atoms with Crippen molar-refractivity contribution in [3.63, 3.8) is 0 Å². The summed E-state index contributed by atoms with van der Waals surface area (Å²) in [6, 6.07) is 17.8. The zero-order chi connectivity index (χ0) is 20.6. The van der Waals surface area contributed by atoms with Crippen molar-refractivity contribution < 1.29 is 14.3 Å². The summed E-state index contributed by atoms with van der Waals surface area (Å²) in [7, 11) is 0. The number of amides is 2. The highest BCUT2D eigenvalue weighted by Gasteiger charge is 2.12. The van der Waals surface area contributed by atoms with Crippen molar-refractivity contribution in [2.24, 2.45) is 0 Å². The molecule has 2 amide bonds. The van der Waals surface area contributed by atoms with Crippen molar-refractivity contribution in [1.82, 2.24) is 4.98 Å². The number of benzene rings is 2. The third-order valence-corrected chi connectivity index (χ3v) is 4.30. The van der Waals surface area contributed by atoms with E-state index < -0.39 is 5.91 Å². The number of nitrogens with zero attached hydrogens (tertiary/aromatic N) is 1. The molecule has 3 aromatic rings. The molecule has 0 aliphatic heterocycles. The molecule has 148 valence electrons. The van der Waals surface area contributed by atoms with Gasteiger partial charge in [-0.3, -0.25) is 14.6 Å². The van der Waals surface area contributed by atoms with Crippen molar-refractivity contribution in [1.29, 1.82) is 0 Å². The third kappa shape index (κ3) is 5.42. The predicted molar refractivity (Wildman–Crippen MR) is 114 cm³/mol. The van der Waals surface area contributed by atoms with Gasteiger partial charge in [-0.2, -0.15) is 0 Å². The Hall–Kier alpha value is -3.67. The van der Waals surface area contributed by atoms with Crippen LogP contribution in [0.5, 0.6) is 5.75 Å². The Morgan fingerprint density at radius 2 is 1.48 bits per heavy atom. The summed E-state index contributed by atoms with van der Waals surface area (Å²) in [5.74, 6) is 0.0390. The largest absolute Gasteiger partial charge is 0.494 e. The van der Waals surface area contributed by atoms with Crippen molar-refractivity contribution in [3.05, 3.63) is 83.7 Å². The van der Waals surface area contributed by atoms with Crippen molar-refractivity contribution in [2.75, 3.05) is 17.2 Å². The summed E-state index contributed by atoms with van der Waals surface area (Å²) in [4.78, 5) is 29.1. The molecule has 0 aliphatic carbocycles. The average molecular weight is 389 g/mol. The van der Waals surface area contributed by atoms with Crippen LogP contribution >= 0.6 is 0 Å². The molecule has 29 heavy (non-hydrogen) atoms. The first-order valence-corrected chi connectivity index (χ1v) is 9.49. The van der Waals surface area contributed by atoms with Gasteiger partial charge in [0.1, 0.15) is 11.4 Å². The highest BCUT2D eigenvalue weighted by atomic mass is 16.5. The van der Waals surface area contributed by atoms with E-state index in [1.54, 1.807) is 30.3 Å². The van der Waals surface area contributed by atoms with Crippen LogP contribution in [0.25, 0.3) is 0 Å². The fourth-order valence-electron chi connectivity index (χ4n) is 2.72. The quantitative estimate of drug-likeness (QED) is 0.621. The maximum absolute atomic E-state index is 12.5. The lowest BCUT2D eigenvalue weighted by atomic mass is 10.1. The summed E-state index contributed by atoms with van der Waals surface area (Å²) in [5, 5.41) is 5.60. The highest BCUT2D eigenvalue weighted by Crippen LogP contribution is 2.17. The Bertz CT molecular complexity index is 983. The van der Waals surface area contributed by atoms with Crippen LogP contribution < -0.4 is 15.4 Å². The number of carbonyl (C=O) groups excluding carboxylic acids is 2. The van der Waals surface area contributed by atoms with Crippen LogP contribution in [0.3, 0.4) is 0 Å². The SMILES string of the molecule is CCOc1ccc(NC(=O)c2cc(C(=O)Nc3ccc(CC)cc3)ccn2)cc1. The first-order chi connectivity index (χ1) is 14.1. The van der Waals surface area contributed by atoms with Gasteiger partial charge in [-0.25, -0.2) is 0 Å². The second-order valence-electron chi connectivity index (χ2n) is 6.35. The Morgan fingerprint density at radius 3 is 2.10 bits per heavy atom. The fraction of sp³-hybridized carbons (Fsp3) is 0.174. The normalized spacial score (nSPS) is 10.3. The summed E-state index contributed by atoms with van der Waals surface area (Å²) < 4.78 is 5.38. The van der Waals surface area contributed by atoms with Gasteiger partial charge in [0.25, 0.3) is 11.8 Å². The van der Waals surface area contributed by atoms with Gasteiger partial charge >= 0.3 is 0 Å². The second kappa shape index (κ2) is 9.50. The van der Waals surface area contributed by atoms with Crippen LogP contribution in [-0.2, 0) is 6.42 Å². The minimum atomic E-state index is -0.392. The molecule has 2 aromatic carbocycles. The lowest BCUT2D eigenvalue weighted by Crippen LogP contribution is -2.17. The van der Waals surface area contributed by atoms with Gasteiger partial charge in [0.15, 0.2) is 0 Å². The molecule has 6 nitrogen and oxygen atoms in total. The molecular weight excluding hydrogens is 366 g/mol. The molecule has 1 aromatic heterocycles. The van der Waals surface area contributed by atoms with E-state index in [1.807, 2.05) is 31.2 Å². The van der Waals surface area contributed by atoms with E-state index >= 15 is 0 Å². The van der Waals surface area contributed by atoms with Gasteiger partial charge in [-0.1, -0.05) is 19.1 Å². The molecule has 0 bridgehead atoms. The van der Waals surface area contributed by atoms with E-state index in [4.69, 9.17) is 4.74 Å². The maximum Gasteiger partial charge on any atom is 0.274 e. The van der Waals surface area contributed by atoms with Gasteiger partial charge in [0, 0.05) is 23.1 Å². The van der Waals surface area contributed by atoms with Crippen LogP contribution in [-0.4, -0.2) is 23.4 Å². The van der Waals surface area contributed by atoms with E-state index in [0.717, 1.165) is 12.2 Å². The number of carbonyl (C=O) groups is 2. The summed E-state index contributed by atoms with van der Waals surface area (Å²) >= 11 is 0. The Morgan fingerprint density at radius 1 is 0.862 bits per heavy atom. The van der Waals surface area contributed by atoms with E-state index in [2.05, 4.69) is 22.5 Å². The molecule has 0 saturated heterocycles. The van der Waals surface area contributed by atoms with E-state index in [-0.39, 0.29) is 11.6 Å². The lowest BCUT2D eigenvalue weighted by Gasteiger charge is -2.09. The standard InChI is InChI=1S/C23H23N3O3/c1-3-16-5-7-18(8-6-16)25-22(27)17-13-14-24-21(15-17)23(28)26-19-9-11-20(12-10-19)29-4-2/h5-15H,3-4H2,1-2H3,(H,25,27)(H,26,28). The first kappa shape index (κ1) is 20.1. The number of rotatable bonds is 7. The molecule has 0 unspecified atom stereocenters. The Balaban J connectivity index is 1.67. The second-order valence-corrected chi connectivity index (χ2v) is 6.35. The van der Waals surface area contributed by atoms with Crippen molar-refractivity contribution in [3.8, 4) is 5.75 Å². The number of aryl methyl sites for hydroxylation is 1. The summed E-state index contributed by atoms with van der Waals surface area (Å²) in [5.41, 5.74) is 3.03. The molecule has 0 radical (unpaired) electrons. The number of nitrogens with one attached hydrogen (secondary N) is 2. The monoisotopic (exact) mass is 389 g/mol. The van der Waals surface area contributed by atoms with Gasteiger partial charge in [0.2, 0.25) is 0 Å². The first-order valence-electron chi connectivity index (χ1n) is 9.49.